The molecule has 0 unspecified atom stereocenters. The van der Waals surface area contributed by atoms with Gasteiger partial charge in [0, 0.05) is 27.2 Å². The number of esters is 1. The maximum absolute atomic E-state index is 11.9. The third-order valence-corrected chi connectivity index (χ3v) is 4.70. The number of hydrogen-bond donors (Lipinski definition) is 0. The first-order valence-electron chi connectivity index (χ1n) is 5.73. The molecule has 1 aliphatic rings. The SMILES string of the molecule is CCOC(=O)[C@@H]1CCCN(S(=O)(=O)N(C)C)C1. The molecule has 0 spiro atoms. The molecule has 6 nitrogen and oxygen atoms in total. The summed E-state index contributed by atoms with van der Waals surface area (Å²) in [7, 11) is -0.444. The average molecular weight is 264 g/mol. The zero-order chi connectivity index (χ0) is 13.1. The summed E-state index contributed by atoms with van der Waals surface area (Å²) in [4.78, 5) is 11.6. The predicted molar refractivity (Wildman–Crippen MR) is 63.5 cm³/mol. The fourth-order valence-electron chi connectivity index (χ4n) is 1.84. The van der Waals surface area contributed by atoms with E-state index in [1.165, 1.54) is 22.7 Å². The first-order chi connectivity index (χ1) is 7.89. The highest BCUT2D eigenvalue weighted by Crippen LogP contribution is 2.21. The molecular formula is C10H20N2O4S. The molecule has 100 valence electrons. The van der Waals surface area contributed by atoms with Crippen LogP contribution in [0.15, 0.2) is 0 Å². The molecule has 1 aliphatic heterocycles. The Hall–Kier alpha value is -0.660. The van der Waals surface area contributed by atoms with Gasteiger partial charge in [-0.15, -0.1) is 0 Å². The third kappa shape index (κ3) is 3.40. The lowest BCUT2D eigenvalue weighted by Gasteiger charge is -2.32. The number of carbonyl (C=O) groups is 1. The Labute approximate surface area is 103 Å². The number of rotatable bonds is 4. The quantitative estimate of drug-likeness (QED) is 0.674. The summed E-state index contributed by atoms with van der Waals surface area (Å²) in [6, 6.07) is 0. The van der Waals surface area contributed by atoms with Gasteiger partial charge in [-0.1, -0.05) is 0 Å². The molecule has 0 aliphatic carbocycles. The Bertz CT molecular complexity index is 367. The summed E-state index contributed by atoms with van der Waals surface area (Å²) < 4.78 is 31.3. The molecule has 0 aromatic heterocycles. The Morgan fingerprint density at radius 3 is 2.65 bits per heavy atom. The fraction of sp³-hybridized carbons (Fsp3) is 0.900. The largest absolute Gasteiger partial charge is 0.466 e. The molecule has 1 rings (SSSR count). The van der Waals surface area contributed by atoms with Gasteiger partial charge in [0.1, 0.15) is 0 Å². The molecule has 1 atom stereocenters. The number of hydrogen-bond acceptors (Lipinski definition) is 4. The van der Waals surface area contributed by atoms with Crippen molar-refractivity contribution in [3.05, 3.63) is 0 Å². The van der Waals surface area contributed by atoms with Crippen LogP contribution in [0.3, 0.4) is 0 Å². The van der Waals surface area contributed by atoms with Crippen molar-refractivity contribution in [3.8, 4) is 0 Å². The van der Waals surface area contributed by atoms with Crippen LogP contribution in [0.25, 0.3) is 0 Å². The van der Waals surface area contributed by atoms with Crippen LogP contribution < -0.4 is 0 Å². The van der Waals surface area contributed by atoms with Gasteiger partial charge in [0.15, 0.2) is 0 Å². The lowest BCUT2D eigenvalue weighted by atomic mass is 10.0. The molecular weight excluding hydrogens is 244 g/mol. The fourth-order valence-corrected chi connectivity index (χ4v) is 3.03. The monoisotopic (exact) mass is 264 g/mol. The van der Waals surface area contributed by atoms with Gasteiger partial charge in [-0.05, 0) is 19.8 Å². The van der Waals surface area contributed by atoms with Crippen molar-refractivity contribution in [1.82, 2.24) is 8.61 Å². The molecule has 0 aromatic rings. The molecule has 0 N–H and O–H groups in total. The van der Waals surface area contributed by atoms with Crippen molar-refractivity contribution in [3.63, 3.8) is 0 Å². The Balaban J connectivity index is 2.70. The maximum atomic E-state index is 11.9. The van der Waals surface area contributed by atoms with Crippen LogP contribution in [0, 0.1) is 5.92 Å². The van der Waals surface area contributed by atoms with Gasteiger partial charge >= 0.3 is 5.97 Å². The van der Waals surface area contributed by atoms with Gasteiger partial charge in [0.2, 0.25) is 0 Å². The van der Waals surface area contributed by atoms with Crippen LogP contribution in [-0.4, -0.2) is 56.8 Å². The number of nitrogens with zero attached hydrogens (tertiary/aromatic N) is 2. The first-order valence-corrected chi connectivity index (χ1v) is 7.13. The van der Waals surface area contributed by atoms with E-state index in [-0.39, 0.29) is 18.4 Å². The molecule has 1 saturated heterocycles. The van der Waals surface area contributed by atoms with Gasteiger partial charge in [-0.25, -0.2) is 0 Å². The van der Waals surface area contributed by atoms with Crippen molar-refractivity contribution in [2.75, 3.05) is 33.8 Å². The van der Waals surface area contributed by atoms with Gasteiger partial charge < -0.3 is 4.74 Å². The van der Waals surface area contributed by atoms with E-state index < -0.39 is 10.2 Å². The van der Waals surface area contributed by atoms with E-state index in [0.29, 0.717) is 26.0 Å². The summed E-state index contributed by atoms with van der Waals surface area (Å²) in [6.45, 7) is 2.76. The smallest absolute Gasteiger partial charge is 0.310 e. The lowest BCUT2D eigenvalue weighted by Crippen LogP contribution is -2.47. The predicted octanol–water partition coefficient (Wildman–Crippen LogP) is 0.0679. The number of carbonyl (C=O) groups excluding carboxylic acids is 1. The van der Waals surface area contributed by atoms with Crippen LogP contribution in [0.2, 0.25) is 0 Å². The van der Waals surface area contributed by atoms with Crippen molar-refractivity contribution in [1.29, 1.82) is 0 Å². The molecule has 0 amide bonds. The van der Waals surface area contributed by atoms with Crippen LogP contribution in [0.1, 0.15) is 19.8 Å². The highest BCUT2D eigenvalue weighted by atomic mass is 32.2. The standard InChI is InChI=1S/C10H20N2O4S/c1-4-16-10(13)9-6-5-7-12(8-9)17(14,15)11(2)3/h9H,4-8H2,1-3H3/t9-/m1/s1. The Kier molecular flexibility index (Phi) is 4.91. The maximum Gasteiger partial charge on any atom is 0.310 e. The van der Waals surface area contributed by atoms with Crippen molar-refractivity contribution < 1.29 is 17.9 Å². The van der Waals surface area contributed by atoms with Gasteiger partial charge in [0.05, 0.1) is 12.5 Å². The van der Waals surface area contributed by atoms with E-state index in [1.54, 1.807) is 6.92 Å². The average Bonchev–Trinajstić information content (AvgIpc) is 2.29. The third-order valence-electron chi connectivity index (χ3n) is 2.79. The van der Waals surface area contributed by atoms with Crippen LogP contribution in [0.5, 0.6) is 0 Å². The molecule has 7 heteroatoms. The number of piperidine rings is 1. The minimum atomic E-state index is -3.42. The summed E-state index contributed by atoms with van der Waals surface area (Å²) in [5, 5.41) is 0. The molecule has 1 fully saturated rings. The zero-order valence-electron chi connectivity index (χ0n) is 10.5. The normalized spacial score (nSPS) is 22.7. The van der Waals surface area contributed by atoms with Crippen LogP contribution in [-0.2, 0) is 19.7 Å². The Morgan fingerprint density at radius 1 is 1.47 bits per heavy atom. The van der Waals surface area contributed by atoms with E-state index in [1.807, 2.05) is 0 Å². The minimum absolute atomic E-state index is 0.222. The van der Waals surface area contributed by atoms with Gasteiger partial charge in [-0.3, -0.25) is 4.79 Å². The van der Waals surface area contributed by atoms with E-state index in [2.05, 4.69) is 0 Å². The topological polar surface area (TPSA) is 66.9 Å². The van der Waals surface area contributed by atoms with E-state index in [9.17, 15) is 13.2 Å². The minimum Gasteiger partial charge on any atom is -0.466 e. The van der Waals surface area contributed by atoms with Gasteiger partial charge in [-0.2, -0.15) is 17.0 Å². The summed E-state index contributed by atoms with van der Waals surface area (Å²) in [6.07, 6.45) is 1.38. The molecule has 0 saturated carbocycles. The summed E-state index contributed by atoms with van der Waals surface area (Å²) >= 11 is 0. The van der Waals surface area contributed by atoms with E-state index >= 15 is 0 Å². The molecule has 0 radical (unpaired) electrons. The Morgan fingerprint density at radius 2 is 2.12 bits per heavy atom. The molecule has 0 aromatic carbocycles. The molecule has 17 heavy (non-hydrogen) atoms. The molecule has 1 heterocycles. The summed E-state index contributed by atoms with van der Waals surface area (Å²) in [5.74, 6) is -0.635. The number of ether oxygens (including phenoxy) is 1. The van der Waals surface area contributed by atoms with Crippen molar-refractivity contribution in [2.45, 2.75) is 19.8 Å². The highest BCUT2D eigenvalue weighted by Gasteiger charge is 2.33. The summed E-state index contributed by atoms with van der Waals surface area (Å²) in [5.41, 5.74) is 0. The van der Waals surface area contributed by atoms with Gasteiger partial charge in [0.25, 0.3) is 10.2 Å². The highest BCUT2D eigenvalue weighted by molar-refractivity contribution is 7.86. The first kappa shape index (κ1) is 14.4. The van der Waals surface area contributed by atoms with Crippen LogP contribution in [0.4, 0.5) is 0 Å². The lowest BCUT2D eigenvalue weighted by molar-refractivity contribution is -0.149. The second-order valence-electron chi connectivity index (χ2n) is 4.24. The van der Waals surface area contributed by atoms with Crippen LogP contribution >= 0.6 is 0 Å². The van der Waals surface area contributed by atoms with E-state index in [0.717, 1.165) is 0 Å². The van der Waals surface area contributed by atoms with Crippen molar-refractivity contribution in [2.24, 2.45) is 5.92 Å². The van der Waals surface area contributed by atoms with Crippen molar-refractivity contribution >= 4 is 16.2 Å². The van der Waals surface area contributed by atoms with E-state index in [4.69, 9.17) is 4.74 Å². The zero-order valence-corrected chi connectivity index (χ0v) is 11.4. The second kappa shape index (κ2) is 5.79. The second-order valence-corrected chi connectivity index (χ2v) is 6.38. The molecule has 0 bridgehead atoms.